The summed E-state index contributed by atoms with van der Waals surface area (Å²) in [5, 5.41) is 5.14. The van der Waals surface area contributed by atoms with Gasteiger partial charge in [-0.05, 0) is 12.1 Å². The number of nitrogens with two attached hydrogens (primary N) is 1. The van der Waals surface area contributed by atoms with Gasteiger partial charge in [0.05, 0.1) is 17.0 Å². The molecule has 2 aromatic heterocycles. The lowest BCUT2D eigenvalue weighted by Gasteiger charge is -2.00. The molecule has 0 bridgehead atoms. The number of aromatic amines is 1. The molecule has 9 heteroatoms. The van der Waals surface area contributed by atoms with Crippen LogP contribution in [-0.4, -0.2) is 33.9 Å². The number of oxazole rings is 1. The van der Waals surface area contributed by atoms with E-state index in [4.69, 9.17) is 10.2 Å². The third-order valence-electron chi connectivity index (χ3n) is 2.96. The number of aromatic nitrogens is 2. The Hall–Kier alpha value is -2.10. The highest BCUT2D eigenvalue weighted by atomic mass is 32.2. The van der Waals surface area contributed by atoms with Crippen LogP contribution in [0.1, 0.15) is 0 Å². The van der Waals surface area contributed by atoms with Crippen LogP contribution in [0.25, 0.3) is 22.4 Å². The lowest BCUT2D eigenvalue weighted by atomic mass is 10.1. The van der Waals surface area contributed by atoms with Gasteiger partial charge in [0, 0.05) is 23.2 Å². The first-order valence-corrected chi connectivity index (χ1v) is 8.85. The molecule has 1 amide bonds. The van der Waals surface area contributed by atoms with Gasteiger partial charge >= 0.3 is 5.76 Å². The lowest BCUT2D eigenvalue weighted by molar-refractivity contribution is -0.113. The number of benzene rings is 1. The van der Waals surface area contributed by atoms with Gasteiger partial charge in [0.15, 0.2) is 10.7 Å². The summed E-state index contributed by atoms with van der Waals surface area (Å²) >= 11 is 2.83. The van der Waals surface area contributed by atoms with E-state index in [2.05, 4.69) is 15.3 Å². The number of thioether (sulfide) groups is 1. The van der Waals surface area contributed by atoms with Crippen molar-refractivity contribution in [3.63, 3.8) is 0 Å². The van der Waals surface area contributed by atoms with E-state index in [-0.39, 0.29) is 5.91 Å². The molecule has 120 valence electrons. The molecule has 7 nitrogen and oxygen atoms in total. The van der Waals surface area contributed by atoms with Crippen LogP contribution in [0.2, 0.25) is 0 Å². The Morgan fingerprint density at radius 1 is 1.48 bits per heavy atom. The van der Waals surface area contributed by atoms with E-state index >= 15 is 0 Å². The molecule has 23 heavy (non-hydrogen) atoms. The quantitative estimate of drug-likeness (QED) is 0.585. The van der Waals surface area contributed by atoms with Gasteiger partial charge in [-0.2, -0.15) is 11.8 Å². The van der Waals surface area contributed by atoms with E-state index < -0.39 is 5.76 Å². The number of carbonyl (C=O) groups is 1. The summed E-state index contributed by atoms with van der Waals surface area (Å²) in [6.45, 7) is 0.553. The molecule has 0 unspecified atom stereocenters. The van der Waals surface area contributed by atoms with E-state index in [9.17, 15) is 9.59 Å². The van der Waals surface area contributed by atoms with E-state index in [1.165, 1.54) is 23.1 Å². The maximum absolute atomic E-state index is 11.8. The molecule has 0 saturated carbocycles. The molecule has 0 aliphatic heterocycles. The second-order valence-corrected chi connectivity index (χ2v) is 6.62. The largest absolute Gasteiger partial charge is 0.417 e. The number of hydrogen-bond acceptors (Lipinski definition) is 7. The maximum atomic E-state index is 11.8. The van der Waals surface area contributed by atoms with Crippen molar-refractivity contribution in [2.24, 2.45) is 5.73 Å². The van der Waals surface area contributed by atoms with Crippen LogP contribution in [0.4, 0.5) is 5.13 Å². The standard InChI is InChI=1S/C14H14N4O3S2/c15-3-4-22-7-12(19)18-13-16-10(6-23-13)8-1-2-9-11(5-8)21-14(20)17-9/h1-2,5-6H,3-4,7,15H2,(H,17,20)(H,16,18,19). The van der Waals surface area contributed by atoms with Crippen LogP contribution in [0.3, 0.4) is 0 Å². The molecule has 0 aliphatic carbocycles. The second kappa shape index (κ2) is 6.99. The van der Waals surface area contributed by atoms with Crippen LogP contribution in [0, 0.1) is 0 Å². The van der Waals surface area contributed by atoms with E-state index in [0.29, 0.717) is 34.2 Å². The van der Waals surface area contributed by atoms with Crippen LogP contribution in [0.15, 0.2) is 32.8 Å². The van der Waals surface area contributed by atoms with Gasteiger partial charge in [-0.25, -0.2) is 9.78 Å². The van der Waals surface area contributed by atoms with Gasteiger partial charge in [-0.3, -0.25) is 9.78 Å². The van der Waals surface area contributed by atoms with Gasteiger partial charge < -0.3 is 15.5 Å². The number of amides is 1. The first-order chi connectivity index (χ1) is 11.2. The van der Waals surface area contributed by atoms with Gasteiger partial charge in [-0.1, -0.05) is 6.07 Å². The molecule has 2 heterocycles. The number of nitrogens with one attached hydrogen (secondary N) is 2. The van der Waals surface area contributed by atoms with Gasteiger partial charge in [0.2, 0.25) is 5.91 Å². The minimum Gasteiger partial charge on any atom is -0.408 e. The number of rotatable bonds is 6. The Bertz CT molecular complexity index is 883. The number of hydrogen-bond donors (Lipinski definition) is 3. The van der Waals surface area contributed by atoms with Gasteiger partial charge in [0.1, 0.15) is 0 Å². The average Bonchev–Trinajstić information content (AvgIpc) is 3.12. The molecule has 1 aromatic carbocycles. The third kappa shape index (κ3) is 3.81. The molecule has 0 spiro atoms. The van der Waals surface area contributed by atoms with Crippen LogP contribution in [-0.2, 0) is 4.79 Å². The van der Waals surface area contributed by atoms with Gasteiger partial charge in [-0.15, -0.1) is 11.3 Å². The number of anilines is 1. The fourth-order valence-electron chi connectivity index (χ4n) is 1.97. The molecule has 0 aliphatic rings. The summed E-state index contributed by atoms with van der Waals surface area (Å²) in [4.78, 5) is 29.9. The minimum absolute atomic E-state index is 0.101. The van der Waals surface area contributed by atoms with Crippen molar-refractivity contribution in [1.29, 1.82) is 0 Å². The first kappa shape index (κ1) is 15.8. The van der Waals surface area contributed by atoms with Crippen molar-refractivity contribution < 1.29 is 9.21 Å². The van der Waals surface area contributed by atoms with Crippen LogP contribution < -0.4 is 16.8 Å². The molecule has 0 saturated heterocycles. The molecule has 0 fully saturated rings. The molecule has 0 radical (unpaired) electrons. The zero-order chi connectivity index (χ0) is 16.2. The maximum Gasteiger partial charge on any atom is 0.417 e. The Morgan fingerprint density at radius 3 is 3.17 bits per heavy atom. The van der Waals surface area contributed by atoms with Crippen molar-refractivity contribution >= 4 is 45.2 Å². The normalized spacial score (nSPS) is 11.0. The summed E-state index contributed by atoms with van der Waals surface area (Å²) in [5.41, 5.74) is 8.03. The zero-order valence-corrected chi connectivity index (χ0v) is 13.6. The molecular weight excluding hydrogens is 336 g/mol. The average molecular weight is 350 g/mol. The monoisotopic (exact) mass is 350 g/mol. The Kier molecular flexibility index (Phi) is 4.79. The van der Waals surface area contributed by atoms with Crippen LogP contribution in [0.5, 0.6) is 0 Å². The van der Waals surface area contributed by atoms with Crippen molar-refractivity contribution in [3.05, 3.63) is 34.1 Å². The first-order valence-electron chi connectivity index (χ1n) is 6.82. The highest BCUT2D eigenvalue weighted by Gasteiger charge is 2.10. The summed E-state index contributed by atoms with van der Waals surface area (Å²) in [7, 11) is 0. The molecule has 4 N–H and O–H groups in total. The van der Waals surface area contributed by atoms with Crippen molar-refractivity contribution in [1.82, 2.24) is 9.97 Å². The molecule has 3 rings (SSSR count). The van der Waals surface area contributed by atoms with Crippen molar-refractivity contribution in [2.45, 2.75) is 0 Å². The third-order valence-corrected chi connectivity index (χ3v) is 4.71. The number of fused-ring (bicyclic) bond motifs is 1. The fourth-order valence-corrected chi connectivity index (χ4v) is 3.28. The predicted octanol–water partition coefficient (Wildman–Crippen LogP) is 1.88. The van der Waals surface area contributed by atoms with E-state index in [0.717, 1.165) is 11.3 Å². The summed E-state index contributed by atoms with van der Waals surface area (Å²) in [5.74, 6) is 0.514. The Morgan fingerprint density at radius 2 is 2.35 bits per heavy atom. The zero-order valence-electron chi connectivity index (χ0n) is 12.0. The summed E-state index contributed by atoms with van der Waals surface area (Å²) in [6, 6.07) is 5.34. The highest BCUT2D eigenvalue weighted by Crippen LogP contribution is 2.27. The molecular formula is C14H14N4O3S2. The fraction of sp³-hybridized carbons (Fsp3) is 0.214. The topological polar surface area (TPSA) is 114 Å². The second-order valence-electron chi connectivity index (χ2n) is 4.65. The summed E-state index contributed by atoms with van der Waals surface area (Å²) in [6.07, 6.45) is 0. The number of nitrogens with zero attached hydrogens (tertiary/aromatic N) is 1. The highest BCUT2D eigenvalue weighted by molar-refractivity contribution is 7.99. The molecule has 0 atom stereocenters. The number of carbonyl (C=O) groups excluding carboxylic acids is 1. The minimum atomic E-state index is -0.488. The Balaban J connectivity index is 1.72. The smallest absolute Gasteiger partial charge is 0.408 e. The number of thiazole rings is 1. The predicted molar refractivity (Wildman–Crippen MR) is 93.0 cm³/mol. The summed E-state index contributed by atoms with van der Waals surface area (Å²) < 4.78 is 5.04. The van der Waals surface area contributed by atoms with Crippen molar-refractivity contribution in [3.8, 4) is 11.3 Å². The SMILES string of the molecule is NCCSCC(=O)Nc1nc(-c2ccc3[nH]c(=O)oc3c2)cs1. The van der Waals surface area contributed by atoms with E-state index in [1.807, 2.05) is 11.4 Å². The van der Waals surface area contributed by atoms with Gasteiger partial charge in [0.25, 0.3) is 0 Å². The Labute approximate surface area is 139 Å². The van der Waals surface area contributed by atoms with Crippen LogP contribution >= 0.6 is 23.1 Å². The van der Waals surface area contributed by atoms with Crippen molar-refractivity contribution in [2.75, 3.05) is 23.4 Å². The number of H-pyrrole nitrogens is 1. The lowest BCUT2D eigenvalue weighted by Crippen LogP contribution is -2.15. The molecule has 3 aromatic rings. The van der Waals surface area contributed by atoms with E-state index in [1.54, 1.807) is 12.1 Å².